The molecule has 0 aromatic heterocycles. The van der Waals surface area contributed by atoms with E-state index < -0.39 is 5.97 Å². The van der Waals surface area contributed by atoms with Crippen molar-refractivity contribution in [2.45, 2.75) is 6.92 Å². The predicted octanol–water partition coefficient (Wildman–Crippen LogP) is 2.16. The van der Waals surface area contributed by atoms with E-state index in [4.69, 9.17) is 4.74 Å². The maximum Gasteiger partial charge on any atom is 0.357 e. The Bertz CT molecular complexity index is 473. The smallest absolute Gasteiger partial charge is 0.357 e. The van der Waals surface area contributed by atoms with Crippen LogP contribution in [0.4, 0.5) is 0 Å². The second kappa shape index (κ2) is 4.13. The van der Waals surface area contributed by atoms with Gasteiger partial charge in [0.2, 0.25) is 0 Å². The van der Waals surface area contributed by atoms with Crippen LogP contribution in [0, 0.1) is 0 Å². The predicted molar refractivity (Wildman–Crippen MR) is 59.7 cm³/mol. The number of nitrogens with zero attached hydrogens (tertiary/aromatic N) is 2. The van der Waals surface area contributed by atoms with Gasteiger partial charge in [-0.05, 0) is 35.0 Å². The Kier molecular flexibility index (Phi) is 2.82. The van der Waals surface area contributed by atoms with Crippen molar-refractivity contribution in [2.75, 3.05) is 6.61 Å². The number of carbonyl (C=O) groups excluding carboxylic acids is 1. The number of carbonyl (C=O) groups is 1. The van der Waals surface area contributed by atoms with Crippen LogP contribution in [-0.4, -0.2) is 27.5 Å². The van der Waals surface area contributed by atoms with E-state index in [1.165, 1.54) is 6.20 Å². The van der Waals surface area contributed by atoms with Crippen molar-refractivity contribution in [1.29, 1.82) is 0 Å². The zero-order valence-electron chi connectivity index (χ0n) is 8.48. The standard InChI is InChI=1S/C10H9BrN2O3/c1-2-16-10(14)8-5-6-7(11)3-4-13(15)9(6)12-8/h3-5,15H,2H2,1H3. The first-order valence-electron chi connectivity index (χ1n) is 4.67. The lowest BCUT2D eigenvalue weighted by Gasteiger charge is -2.04. The van der Waals surface area contributed by atoms with Crippen molar-refractivity contribution >= 4 is 21.9 Å². The largest absolute Gasteiger partial charge is 0.461 e. The van der Waals surface area contributed by atoms with Crippen LogP contribution in [0.1, 0.15) is 17.4 Å². The van der Waals surface area contributed by atoms with Crippen molar-refractivity contribution < 1.29 is 14.7 Å². The normalized spacial score (nSPS) is 10.6. The summed E-state index contributed by atoms with van der Waals surface area (Å²) in [6, 6.07) is 3.24. The van der Waals surface area contributed by atoms with Gasteiger partial charge in [-0.1, -0.05) is 0 Å². The van der Waals surface area contributed by atoms with Crippen LogP contribution in [0.5, 0.6) is 0 Å². The van der Waals surface area contributed by atoms with Gasteiger partial charge in [0.05, 0.1) is 6.61 Å². The van der Waals surface area contributed by atoms with Gasteiger partial charge >= 0.3 is 5.97 Å². The molecular weight excluding hydrogens is 276 g/mol. The minimum atomic E-state index is -0.495. The topological polar surface area (TPSA) is 64.3 Å². The van der Waals surface area contributed by atoms with Gasteiger partial charge in [0.25, 0.3) is 0 Å². The van der Waals surface area contributed by atoms with Crippen LogP contribution in [-0.2, 0) is 4.74 Å². The molecule has 0 aromatic rings. The number of ether oxygens (including phenoxy) is 1. The quantitative estimate of drug-likeness (QED) is 0.678. The summed E-state index contributed by atoms with van der Waals surface area (Å²) < 4.78 is 6.45. The average Bonchev–Trinajstić information content (AvgIpc) is 2.70. The molecule has 0 bridgehead atoms. The molecule has 6 heteroatoms. The molecule has 0 saturated heterocycles. The van der Waals surface area contributed by atoms with E-state index in [2.05, 4.69) is 20.9 Å². The first-order valence-corrected chi connectivity index (χ1v) is 5.46. The van der Waals surface area contributed by atoms with Gasteiger partial charge in [0, 0.05) is 16.2 Å². The summed E-state index contributed by atoms with van der Waals surface area (Å²) in [7, 11) is 0. The van der Waals surface area contributed by atoms with Crippen LogP contribution in [0.25, 0.3) is 11.4 Å². The molecule has 0 unspecified atom stereocenters. The molecule has 0 radical (unpaired) electrons. The number of esters is 1. The van der Waals surface area contributed by atoms with Crippen molar-refractivity contribution in [2.24, 2.45) is 0 Å². The van der Waals surface area contributed by atoms with Gasteiger partial charge in [0.15, 0.2) is 11.5 Å². The fourth-order valence-corrected chi connectivity index (χ4v) is 1.77. The molecule has 0 fully saturated rings. The lowest BCUT2D eigenvalue weighted by molar-refractivity contribution is 0.0520. The van der Waals surface area contributed by atoms with Crippen molar-refractivity contribution in [3.63, 3.8) is 0 Å². The Labute approximate surface area is 100 Å². The summed E-state index contributed by atoms with van der Waals surface area (Å²) in [5, 5.41) is 9.50. The number of pyridine rings is 1. The van der Waals surface area contributed by atoms with Crippen LogP contribution in [0.3, 0.4) is 0 Å². The minimum absolute atomic E-state index is 0.187. The molecule has 2 rings (SSSR count). The first-order chi connectivity index (χ1) is 7.63. The number of halogens is 1. The molecule has 1 N–H and O–H groups in total. The zero-order valence-corrected chi connectivity index (χ0v) is 10.1. The van der Waals surface area contributed by atoms with Crippen LogP contribution >= 0.6 is 15.9 Å². The van der Waals surface area contributed by atoms with Crippen LogP contribution in [0.2, 0.25) is 0 Å². The highest BCUT2D eigenvalue weighted by molar-refractivity contribution is 9.10. The third-order valence-electron chi connectivity index (χ3n) is 2.07. The Balaban J connectivity index is 2.51. The van der Waals surface area contributed by atoms with Crippen molar-refractivity contribution in [3.05, 3.63) is 28.5 Å². The first kappa shape index (κ1) is 10.9. The fourth-order valence-electron chi connectivity index (χ4n) is 1.36. The second-order valence-electron chi connectivity index (χ2n) is 3.11. The van der Waals surface area contributed by atoms with E-state index in [0.29, 0.717) is 18.0 Å². The highest BCUT2D eigenvalue weighted by atomic mass is 79.9. The van der Waals surface area contributed by atoms with E-state index in [9.17, 15) is 10.0 Å². The van der Waals surface area contributed by atoms with Gasteiger partial charge in [0.1, 0.15) is 0 Å². The summed E-state index contributed by atoms with van der Waals surface area (Å²) >= 11 is 3.32. The summed E-state index contributed by atoms with van der Waals surface area (Å²) in [4.78, 5) is 15.4. The highest BCUT2D eigenvalue weighted by Crippen LogP contribution is 2.30. The zero-order chi connectivity index (χ0) is 11.7. The Hall–Kier alpha value is -1.56. The second-order valence-corrected chi connectivity index (χ2v) is 3.96. The maximum atomic E-state index is 11.4. The lowest BCUT2D eigenvalue weighted by Crippen LogP contribution is -2.05. The Morgan fingerprint density at radius 1 is 1.69 bits per heavy atom. The number of rotatable bonds is 2. The molecule has 0 amide bonds. The van der Waals surface area contributed by atoms with E-state index in [1.54, 1.807) is 19.1 Å². The molecule has 2 aliphatic rings. The number of hydrogen-bond acceptors (Lipinski definition) is 4. The van der Waals surface area contributed by atoms with Crippen LogP contribution in [0.15, 0.2) is 22.8 Å². The number of aromatic nitrogens is 2. The van der Waals surface area contributed by atoms with E-state index in [-0.39, 0.29) is 5.69 Å². The SMILES string of the molecule is CCOC(=O)c1cc2c(Br)ccn(O)c-2n1. The number of fused-ring (bicyclic) bond motifs is 1. The Morgan fingerprint density at radius 2 is 2.44 bits per heavy atom. The van der Waals surface area contributed by atoms with Crippen molar-refractivity contribution in [3.8, 4) is 11.4 Å². The summed E-state index contributed by atoms with van der Waals surface area (Å²) in [6.07, 6.45) is 1.44. The van der Waals surface area contributed by atoms with Gasteiger partial charge in [-0.3, -0.25) is 0 Å². The molecule has 84 valence electrons. The monoisotopic (exact) mass is 284 g/mol. The Morgan fingerprint density at radius 3 is 3.06 bits per heavy atom. The van der Waals surface area contributed by atoms with E-state index in [0.717, 1.165) is 9.20 Å². The molecule has 0 aliphatic carbocycles. The number of hydrogen-bond donors (Lipinski definition) is 1. The van der Waals surface area contributed by atoms with Gasteiger partial charge < -0.3 is 9.94 Å². The van der Waals surface area contributed by atoms with Gasteiger partial charge in [-0.15, -0.1) is 0 Å². The lowest BCUT2D eigenvalue weighted by atomic mass is 10.2. The molecule has 0 spiro atoms. The third-order valence-corrected chi connectivity index (χ3v) is 2.76. The summed E-state index contributed by atoms with van der Waals surface area (Å²) in [6.45, 7) is 2.02. The highest BCUT2D eigenvalue weighted by Gasteiger charge is 2.20. The molecular formula is C10H9BrN2O3. The van der Waals surface area contributed by atoms with Crippen molar-refractivity contribution in [1.82, 2.24) is 9.71 Å². The molecule has 2 heterocycles. The average molecular weight is 285 g/mol. The van der Waals surface area contributed by atoms with E-state index in [1.807, 2.05) is 0 Å². The molecule has 16 heavy (non-hydrogen) atoms. The van der Waals surface area contributed by atoms with E-state index >= 15 is 0 Å². The maximum absolute atomic E-state index is 11.4. The van der Waals surface area contributed by atoms with Gasteiger partial charge in [-0.2, -0.15) is 4.73 Å². The molecule has 5 nitrogen and oxygen atoms in total. The summed E-state index contributed by atoms with van der Waals surface area (Å²) in [5.41, 5.74) is 0.847. The fraction of sp³-hybridized carbons (Fsp3) is 0.200. The minimum Gasteiger partial charge on any atom is -0.461 e. The molecule has 0 saturated carbocycles. The molecule has 0 atom stereocenters. The molecule has 2 aliphatic heterocycles. The van der Waals surface area contributed by atoms with Gasteiger partial charge in [-0.25, -0.2) is 9.78 Å². The third kappa shape index (κ3) is 1.76. The van der Waals surface area contributed by atoms with Crippen LogP contribution < -0.4 is 0 Å². The molecule has 0 aromatic carbocycles. The summed E-state index contributed by atoms with van der Waals surface area (Å²) in [5.74, 6) is -0.178.